The molecule has 2 heterocycles. The van der Waals surface area contributed by atoms with Gasteiger partial charge in [0.2, 0.25) is 0 Å². The first-order chi connectivity index (χ1) is 10.6. The topological polar surface area (TPSA) is 78.7 Å². The van der Waals surface area contributed by atoms with Crippen LogP contribution >= 0.6 is 11.6 Å². The number of aromatic nitrogens is 4. The van der Waals surface area contributed by atoms with Crippen LogP contribution in [0, 0.1) is 12.7 Å². The van der Waals surface area contributed by atoms with Gasteiger partial charge < -0.3 is 4.55 Å². The normalized spacial score (nSPS) is 14.8. The van der Waals surface area contributed by atoms with Gasteiger partial charge in [0.15, 0.2) is 11.0 Å². The Bertz CT molecular complexity index is 703. The molecule has 0 aliphatic heterocycles. The molecular formula is C14H19ClFN5OS. The van der Waals surface area contributed by atoms with Crippen molar-refractivity contribution in [2.24, 2.45) is 0 Å². The standard InChI is InChI=1S/C14H19ClFN5OS/c1-8-12(9(2)19-23(22)14(3,4)5)21(20-18-8)10-6-7-17-13(15)11(10)16/h6-7,9,19H,1-5H3/t9?,23-/m1/s1. The molecule has 2 rings (SSSR count). The van der Waals surface area contributed by atoms with Crippen LogP contribution in [-0.4, -0.2) is 29.3 Å². The lowest BCUT2D eigenvalue weighted by molar-refractivity contribution is 0.523. The molecule has 0 radical (unpaired) electrons. The van der Waals surface area contributed by atoms with Crippen LogP contribution in [0.4, 0.5) is 4.39 Å². The number of nitrogens with one attached hydrogen (secondary N) is 1. The Morgan fingerprint density at radius 3 is 2.70 bits per heavy atom. The van der Waals surface area contributed by atoms with E-state index in [-0.39, 0.29) is 16.9 Å². The third-order valence-corrected chi connectivity index (χ3v) is 5.13. The van der Waals surface area contributed by atoms with E-state index in [1.54, 1.807) is 6.92 Å². The summed E-state index contributed by atoms with van der Waals surface area (Å²) in [7, 11) is 0. The number of halogens is 2. The highest BCUT2D eigenvalue weighted by molar-refractivity contribution is 7.90. The van der Waals surface area contributed by atoms with E-state index in [2.05, 4.69) is 20.0 Å². The maximum absolute atomic E-state index is 14.2. The van der Waals surface area contributed by atoms with Crippen molar-refractivity contribution in [3.05, 3.63) is 34.6 Å². The van der Waals surface area contributed by atoms with Crippen molar-refractivity contribution in [1.82, 2.24) is 24.7 Å². The Hall–Kier alpha value is -1.22. The summed E-state index contributed by atoms with van der Waals surface area (Å²) in [6, 6.07) is 1.11. The van der Waals surface area contributed by atoms with Crippen molar-refractivity contribution >= 4 is 23.0 Å². The molecule has 0 aliphatic carbocycles. The van der Waals surface area contributed by atoms with Gasteiger partial charge in [0.05, 0.1) is 17.4 Å². The zero-order valence-corrected chi connectivity index (χ0v) is 15.2. The second-order valence-corrected chi connectivity index (χ2v) is 8.48. The van der Waals surface area contributed by atoms with Crippen molar-refractivity contribution < 1.29 is 8.94 Å². The van der Waals surface area contributed by atoms with E-state index in [0.717, 1.165) is 0 Å². The number of aryl methyl sites for hydroxylation is 1. The number of hydrogen-bond donors (Lipinski definition) is 1. The highest BCUT2D eigenvalue weighted by Gasteiger charge is 2.31. The first-order valence-corrected chi connectivity index (χ1v) is 8.56. The summed E-state index contributed by atoms with van der Waals surface area (Å²) >= 11 is 4.45. The van der Waals surface area contributed by atoms with Crippen LogP contribution < -0.4 is 4.72 Å². The number of rotatable bonds is 4. The van der Waals surface area contributed by atoms with Crippen molar-refractivity contribution in [3.8, 4) is 5.69 Å². The fourth-order valence-electron chi connectivity index (χ4n) is 2.00. The monoisotopic (exact) mass is 359 g/mol. The third kappa shape index (κ3) is 3.82. The molecule has 2 aromatic heterocycles. The van der Waals surface area contributed by atoms with Crippen molar-refractivity contribution in [3.63, 3.8) is 0 Å². The predicted molar refractivity (Wildman–Crippen MR) is 88.3 cm³/mol. The molecular weight excluding hydrogens is 341 g/mol. The van der Waals surface area contributed by atoms with Gasteiger partial charge in [0.1, 0.15) is 10.4 Å². The van der Waals surface area contributed by atoms with Gasteiger partial charge in [-0.2, -0.15) is 0 Å². The van der Waals surface area contributed by atoms with Gasteiger partial charge in [0, 0.05) is 17.6 Å². The van der Waals surface area contributed by atoms with Crippen molar-refractivity contribution in [2.45, 2.75) is 45.4 Å². The Kier molecular flexibility index (Phi) is 5.30. The van der Waals surface area contributed by atoms with Gasteiger partial charge in [-0.05, 0) is 40.7 Å². The van der Waals surface area contributed by atoms with E-state index in [1.807, 2.05) is 27.7 Å². The third-order valence-electron chi connectivity index (χ3n) is 3.19. The number of pyridine rings is 1. The van der Waals surface area contributed by atoms with E-state index in [4.69, 9.17) is 11.6 Å². The summed E-state index contributed by atoms with van der Waals surface area (Å²) in [5, 5.41) is 7.74. The van der Waals surface area contributed by atoms with Gasteiger partial charge in [0.25, 0.3) is 0 Å². The molecule has 1 unspecified atom stereocenters. The average Bonchev–Trinajstić information content (AvgIpc) is 2.82. The minimum Gasteiger partial charge on any atom is -0.598 e. The maximum atomic E-state index is 14.2. The summed E-state index contributed by atoms with van der Waals surface area (Å²) in [4.78, 5) is 3.69. The SMILES string of the molecule is Cc1nnn(-c2ccnc(Cl)c2F)c1C(C)N[S@+]([O-])C(C)(C)C. The van der Waals surface area contributed by atoms with Crippen LogP contribution in [0.1, 0.15) is 45.1 Å². The van der Waals surface area contributed by atoms with Gasteiger partial charge in [-0.15, -0.1) is 9.82 Å². The fourth-order valence-corrected chi connectivity index (χ4v) is 2.94. The maximum Gasteiger partial charge on any atom is 0.186 e. The van der Waals surface area contributed by atoms with Crippen molar-refractivity contribution in [2.75, 3.05) is 0 Å². The summed E-state index contributed by atoms with van der Waals surface area (Å²) in [5.41, 5.74) is 1.38. The minimum atomic E-state index is -1.29. The Labute approximate surface area is 142 Å². The lowest BCUT2D eigenvalue weighted by atomic mass is 10.2. The molecule has 2 atom stereocenters. The van der Waals surface area contributed by atoms with Crippen LogP contribution in [0.15, 0.2) is 12.3 Å². The van der Waals surface area contributed by atoms with E-state index in [9.17, 15) is 8.94 Å². The molecule has 0 amide bonds. The Morgan fingerprint density at radius 1 is 1.43 bits per heavy atom. The van der Waals surface area contributed by atoms with Crippen LogP contribution in [0.5, 0.6) is 0 Å². The molecule has 126 valence electrons. The van der Waals surface area contributed by atoms with Crippen LogP contribution in [0.3, 0.4) is 0 Å². The molecule has 9 heteroatoms. The molecule has 2 aromatic rings. The molecule has 0 spiro atoms. The molecule has 6 nitrogen and oxygen atoms in total. The van der Waals surface area contributed by atoms with Gasteiger partial charge in [-0.1, -0.05) is 16.8 Å². The van der Waals surface area contributed by atoms with Crippen LogP contribution in [-0.2, 0) is 11.4 Å². The van der Waals surface area contributed by atoms with E-state index < -0.39 is 21.9 Å². The smallest absolute Gasteiger partial charge is 0.186 e. The van der Waals surface area contributed by atoms with Crippen LogP contribution in [0.2, 0.25) is 5.15 Å². The number of nitrogens with zero attached hydrogens (tertiary/aromatic N) is 4. The quantitative estimate of drug-likeness (QED) is 0.670. The Balaban J connectivity index is 2.41. The zero-order valence-electron chi connectivity index (χ0n) is 13.6. The van der Waals surface area contributed by atoms with Gasteiger partial charge in [-0.3, -0.25) is 0 Å². The molecule has 23 heavy (non-hydrogen) atoms. The molecule has 0 saturated heterocycles. The number of hydrogen-bond acceptors (Lipinski definition) is 5. The predicted octanol–water partition coefficient (Wildman–Crippen LogP) is 2.88. The molecule has 0 bridgehead atoms. The molecule has 0 fully saturated rings. The largest absolute Gasteiger partial charge is 0.598 e. The average molecular weight is 360 g/mol. The van der Waals surface area contributed by atoms with E-state index >= 15 is 0 Å². The first-order valence-electron chi connectivity index (χ1n) is 7.03. The molecule has 0 aliphatic rings. The minimum absolute atomic E-state index is 0.149. The lowest BCUT2D eigenvalue weighted by Crippen LogP contribution is -2.41. The molecule has 1 N–H and O–H groups in total. The van der Waals surface area contributed by atoms with Crippen LogP contribution in [0.25, 0.3) is 5.69 Å². The second kappa shape index (κ2) is 6.72. The lowest BCUT2D eigenvalue weighted by Gasteiger charge is -2.26. The van der Waals surface area contributed by atoms with E-state index in [1.165, 1.54) is 16.9 Å². The first kappa shape index (κ1) is 18.1. The van der Waals surface area contributed by atoms with Crippen molar-refractivity contribution in [1.29, 1.82) is 0 Å². The molecule has 0 aromatic carbocycles. The Morgan fingerprint density at radius 2 is 2.09 bits per heavy atom. The molecule has 0 saturated carbocycles. The summed E-state index contributed by atoms with van der Waals surface area (Å²) in [6.45, 7) is 9.19. The second-order valence-electron chi connectivity index (χ2n) is 6.13. The highest BCUT2D eigenvalue weighted by atomic mass is 35.5. The summed E-state index contributed by atoms with van der Waals surface area (Å²) in [5.74, 6) is -0.676. The van der Waals surface area contributed by atoms with E-state index in [0.29, 0.717) is 11.4 Å². The highest BCUT2D eigenvalue weighted by Crippen LogP contribution is 2.25. The fraction of sp³-hybridized carbons (Fsp3) is 0.500. The van der Waals surface area contributed by atoms with Gasteiger partial charge in [-0.25, -0.2) is 14.1 Å². The summed E-state index contributed by atoms with van der Waals surface area (Å²) < 4.78 is 30.5. The van der Waals surface area contributed by atoms with Gasteiger partial charge >= 0.3 is 0 Å². The summed E-state index contributed by atoms with van der Waals surface area (Å²) in [6.07, 6.45) is 1.40. The zero-order chi connectivity index (χ0) is 17.4.